The molecule has 2 unspecified atom stereocenters. The van der Waals surface area contributed by atoms with E-state index in [0.717, 1.165) is 6.42 Å². The molecule has 2 aromatic carbocycles. The number of amides is 4. The predicted molar refractivity (Wildman–Crippen MR) is 152 cm³/mol. The second kappa shape index (κ2) is 13.0. The topological polar surface area (TPSA) is 151 Å². The van der Waals surface area contributed by atoms with Crippen molar-refractivity contribution in [2.75, 3.05) is 5.32 Å². The summed E-state index contributed by atoms with van der Waals surface area (Å²) >= 11 is 6.38. The number of anilines is 1. The molecule has 40 heavy (non-hydrogen) atoms. The van der Waals surface area contributed by atoms with Crippen molar-refractivity contribution < 1.29 is 29.0 Å². The van der Waals surface area contributed by atoms with Crippen LogP contribution in [0.25, 0.3) is 0 Å². The number of aromatic hydroxyl groups is 1. The number of halogens is 1. The molecule has 5 N–H and O–H groups in total. The van der Waals surface area contributed by atoms with Gasteiger partial charge in [0.25, 0.3) is 5.91 Å². The Morgan fingerprint density at radius 3 is 2.35 bits per heavy atom. The fourth-order valence-electron chi connectivity index (χ4n) is 4.47. The zero-order valence-corrected chi connectivity index (χ0v) is 24.0. The van der Waals surface area contributed by atoms with Crippen LogP contribution in [0.2, 0.25) is 5.02 Å². The summed E-state index contributed by atoms with van der Waals surface area (Å²) in [5, 5.41) is 16.5. The molecule has 1 fully saturated rings. The first-order chi connectivity index (χ1) is 18.8. The van der Waals surface area contributed by atoms with Crippen LogP contribution in [0.4, 0.5) is 10.5 Å². The highest BCUT2D eigenvalue weighted by atomic mass is 35.5. The molecule has 1 aliphatic rings. The molecule has 216 valence electrons. The van der Waals surface area contributed by atoms with Gasteiger partial charge in [0, 0.05) is 18.0 Å². The summed E-state index contributed by atoms with van der Waals surface area (Å²) in [6, 6.07) is 8.60. The molecule has 0 heterocycles. The molecule has 0 bridgehead atoms. The molecule has 2 atom stereocenters. The van der Waals surface area contributed by atoms with Crippen LogP contribution < -0.4 is 16.4 Å². The lowest BCUT2D eigenvalue weighted by Crippen LogP contribution is -2.57. The number of nitrogens with zero attached hydrogens (tertiary/aromatic N) is 1. The van der Waals surface area contributed by atoms with Crippen molar-refractivity contribution >= 4 is 41.1 Å². The summed E-state index contributed by atoms with van der Waals surface area (Å²) in [6.07, 6.45) is 0.927. The van der Waals surface area contributed by atoms with E-state index >= 15 is 0 Å². The largest absolute Gasteiger partial charge is 0.508 e. The number of hydrogen-bond donors (Lipinski definition) is 4. The lowest BCUT2D eigenvalue weighted by molar-refractivity contribution is -0.146. The third kappa shape index (κ3) is 7.88. The van der Waals surface area contributed by atoms with Crippen LogP contribution in [0, 0.1) is 6.92 Å². The van der Waals surface area contributed by atoms with Gasteiger partial charge >= 0.3 is 6.09 Å². The van der Waals surface area contributed by atoms with Crippen molar-refractivity contribution in [3.05, 3.63) is 58.6 Å². The average molecular weight is 573 g/mol. The standard InChI is InChI=1S/C29H37ClN4O6/c1-17-9-7-13-20(30)24(17)33-26(37)25(19-12-5-6-14-22(19)35)34(18-10-8-11-18)27(38)21(15-16-23(31)36)32-28(39)40-29(2,3)4/h5-7,9,12-14,18,21,25,35H,8,10-11,15-16H2,1-4H3,(H2,31,36)(H,32,39)(H,33,37). The maximum atomic E-state index is 14.2. The van der Waals surface area contributed by atoms with Crippen molar-refractivity contribution in [3.8, 4) is 5.75 Å². The Morgan fingerprint density at radius 1 is 1.12 bits per heavy atom. The quantitative estimate of drug-likeness (QED) is 0.327. The highest BCUT2D eigenvalue weighted by molar-refractivity contribution is 6.34. The number of ether oxygens (including phenoxy) is 1. The minimum atomic E-state index is -1.27. The fraction of sp³-hybridized carbons (Fsp3) is 0.448. The van der Waals surface area contributed by atoms with Crippen molar-refractivity contribution in [1.29, 1.82) is 0 Å². The Labute approximate surface area is 239 Å². The number of rotatable bonds is 10. The molecule has 0 spiro atoms. The summed E-state index contributed by atoms with van der Waals surface area (Å²) in [5.41, 5.74) is 5.83. The molecule has 0 aromatic heterocycles. The van der Waals surface area contributed by atoms with Gasteiger partial charge < -0.3 is 31.1 Å². The first-order valence-electron chi connectivity index (χ1n) is 13.2. The molecule has 3 rings (SSSR count). The van der Waals surface area contributed by atoms with Gasteiger partial charge in [-0.1, -0.05) is 41.9 Å². The maximum Gasteiger partial charge on any atom is 0.408 e. The molecule has 1 aliphatic carbocycles. The number of hydrogen-bond acceptors (Lipinski definition) is 6. The molecule has 10 nitrogen and oxygen atoms in total. The monoisotopic (exact) mass is 572 g/mol. The van der Waals surface area contributed by atoms with Crippen LogP contribution in [0.3, 0.4) is 0 Å². The van der Waals surface area contributed by atoms with Crippen LogP contribution in [0.5, 0.6) is 5.75 Å². The Hall–Kier alpha value is -3.79. The van der Waals surface area contributed by atoms with E-state index in [4.69, 9.17) is 22.1 Å². The molecule has 11 heteroatoms. The van der Waals surface area contributed by atoms with Crippen molar-refractivity contribution in [2.24, 2.45) is 5.73 Å². The van der Waals surface area contributed by atoms with Gasteiger partial charge in [-0.05, 0) is 71.1 Å². The number of benzene rings is 2. The first-order valence-corrected chi connectivity index (χ1v) is 13.6. The average Bonchev–Trinajstić information content (AvgIpc) is 2.82. The zero-order valence-electron chi connectivity index (χ0n) is 23.2. The number of primary amides is 1. The summed E-state index contributed by atoms with van der Waals surface area (Å²) in [5.74, 6) is -2.02. The Bertz CT molecular complexity index is 1240. The van der Waals surface area contributed by atoms with E-state index in [2.05, 4.69) is 10.6 Å². The number of carbonyl (C=O) groups is 4. The summed E-state index contributed by atoms with van der Waals surface area (Å²) in [7, 11) is 0. The number of carbonyl (C=O) groups excluding carboxylic acids is 4. The number of alkyl carbamates (subject to hydrolysis) is 1. The lowest BCUT2D eigenvalue weighted by Gasteiger charge is -2.43. The van der Waals surface area contributed by atoms with Gasteiger partial charge in [-0.2, -0.15) is 0 Å². The van der Waals surface area contributed by atoms with Gasteiger partial charge in [0.05, 0.1) is 10.7 Å². The van der Waals surface area contributed by atoms with E-state index in [0.29, 0.717) is 29.1 Å². The molecular weight excluding hydrogens is 536 g/mol. The zero-order chi connectivity index (χ0) is 29.6. The maximum absolute atomic E-state index is 14.2. The van der Waals surface area contributed by atoms with E-state index in [9.17, 15) is 24.3 Å². The van der Waals surface area contributed by atoms with E-state index in [-0.39, 0.29) is 30.2 Å². The SMILES string of the molecule is Cc1cccc(Cl)c1NC(=O)C(c1ccccc1O)N(C(=O)C(CCC(N)=O)NC(=O)OC(C)(C)C)C1CCC1. The summed E-state index contributed by atoms with van der Waals surface area (Å²) in [6.45, 7) is 6.84. The minimum absolute atomic E-state index is 0.102. The highest BCUT2D eigenvalue weighted by Gasteiger charge is 2.43. The van der Waals surface area contributed by atoms with Crippen LogP contribution in [-0.4, -0.2) is 51.5 Å². The van der Waals surface area contributed by atoms with E-state index in [1.165, 1.54) is 11.0 Å². The van der Waals surface area contributed by atoms with E-state index < -0.39 is 41.5 Å². The van der Waals surface area contributed by atoms with Crippen molar-refractivity contribution in [2.45, 2.75) is 83.5 Å². The van der Waals surface area contributed by atoms with E-state index in [1.807, 2.05) is 0 Å². The van der Waals surface area contributed by atoms with Gasteiger partial charge in [0.1, 0.15) is 23.4 Å². The Morgan fingerprint density at radius 2 is 1.80 bits per heavy atom. The molecule has 0 aliphatic heterocycles. The molecule has 0 saturated heterocycles. The lowest BCUT2D eigenvalue weighted by atomic mass is 9.87. The number of phenols is 1. The molecule has 4 amide bonds. The van der Waals surface area contributed by atoms with Crippen LogP contribution in [0.15, 0.2) is 42.5 Å². The second-order valence-electron chi connectivity index (χ2n) is 10.9. The van der Waals surface area contributed by atoms with E-state index in [1.54, 1.807) is 64.1 Å². The summed E-state index contributed by atoms with van der Waals surface area (Å²) < 4.78 is 5.35. The number of phenolic OH excluding ortho intramolecular Hbond substituents is 1. The number of nitrogens with one attached hydrogen (secondary N) is 2. The summed E-state index contributed by atoms with van der Waals surface area (Å²) in [4.78, 5) is 53.9. The third-order valence-corrected chi connectivity index (χ3v) is 6.93. The number of para-hydroxylation sites is 2. The second-order valence-corrected chi connectivity index (χ2v) is 11.3. The molecule has 1 saturated carbocycles. The molecule has 2 aromatic rings. The smallest absolute Gasteiger partial charge is 0.408 e. The fourth-order valence-corrected chi connectivity index (χ4v) is 4.74. The van der Waals surface area contributed by atoms with Crippen LogP contribution >= 0.6 is 11.6 Å². The van der Waals surface area contributed by atoms with Gasteiger partial charge in [-0.3, -0.25) is 14.4 Å². The Kier molecular flexibility index (Phi) is 10.0. The molecular formula is C29H37ClN4O6. The Balaban J connectivity index is 2.06. The normalized spacial score (nSPS) is 14.8. The van der Waals surface area contributed by atoms with Crippen molar-refractivity contribution in [3.63, 3.8) is 0 Å². The van der Waals surface area contributed by atoms with Crippen molar-refractivity contribution in [1.82, 2.24) is 10.2 Å². The third-order valence-electron chi connectivity index (χ3n) is 6.62. The van der Waals surface area contributed by atoms with Gasteiger partial charge in [0.2, 0.25) is 11.8 Å². The minimum Gasteiger partial charge on any atom is -0.508 e. The van der Waals surface area contributed by atoms with Crippen LogP contribution in [0.1, 0.15) is 70.0 Å². The first kappa shape index (κ1) is 30.7. The van der Waals surface area contributed by atoms with Gasteiger partial charge in [-0.15, -0.1) is 0 Å². The predicted octanol–water partition coefficient (Wildman–Crippen LogP) is 4.57. The van der Waals surface area contributed by atoms with Gasteiger partial charge in [-0.25, -0.2) is 4.79 Å². The number of aryl methyl sites for hydroxylation is 1. The highest BCUT2D eigenvalue weighted by Crippen LogP contribution is 2.38. The van der Waals surface area contributed by atoms with Crippen LogP contribution in [-0.2, 0) is 19.1 Å². The van der Waals surface area contributed by atoms with Gasteiger partial charge in [0.15, 0.2) is 0 Å². The number of nitrogens with two attached hydrogens (primary N) is 1. The molecule has 0 radical (unpaired) electrons.